The number of aliphatic hydroxyl groups excluding tert-OH is 1. The van der Waals surface area contributed by atoms with E-state index >= 15 is 0 Å². The molecule has 0 bridgehead atoms. The summed E-state index contributed by atoms with van der Waals surface area (Å²) in [6.45, 7) is 6.57. The van der Waals surface area contributed by atoms with Gasteiger partial charge in [-0.2, -0.15) is 0 Å². The van der Waals surface area contributed by atoms with Crippen molar-refractivity contribution in [2.75, 3.05) is 26.8 Å². The molecule has 7 rings (SSSR count). The van der Waals surface area contributed by atoms with Crippen molar-refractivity contribution in [1.29, 1.82) is 0 Å². The summed E-state index contributed by atoms with van der Waals surface area (Å²) >= 11 is 0. The number of nitrogens with one attached hydrogen (secondary N) is 5. The highest BCUT2D eigenvalue weighted by atomic mass is 16.8. The van der Waals surface area contributed by atoms with Gasteiger partial charge in [0, 0.05) is 47.9 Å². The number of benzene rings is 3. The van der Waals surface area contributed by atoms with Crippen LogP contribution in [0.3, 0.4) is 0 Å². The number of fused-ring (bicyclic) bond motifs is 4. The smallest absolute Gasteiger partial charge is 0.246 e. The number of methoxy groups -OCH3 is 1. The Labute approximate surface area is 401 Å². The number of phenols is 2. The number of Topliss-reactive ketones (excluding diaryl/α,β-unsaturated/α-hetero) is 1. The number of ketones is 3. The summed E-state index contributed by atoms with van der Waals surface area (Å²) in [4.78, 5) is 107. The van der Waals surface area contributed by atoms with Crippen molar-refractivity contribution in [1.82, 2.24) is 26.6 Å². The lowest BCUT2D eigenvalue weighted by atomic mass is 9.72. The number of epoxide rings is 1. The third-order valence-electron chi connectivity index (χ3n) is 12.5. The van der Waals surface area contributed by atoms with Gasteiger partial charge in [0.1, 0.15) is 47.6 Å². The second-order valence-corrected chi connectivity index (χ2v) is 18.1. The minimum absolute atomic E-state index is 0.0352. The van der Waals surface area contributed by atoms with E-state index in [-0.39, 0.29) is 58.8 Å². The molecule has 0 spiro atoms. The molecule has 3 aromatic rings. The van der Waals surface area contributed by atoms with E-state index in [1.54, 1.807) is 30.3 Å². The van der Waals surface area contributed by atoms with Gasteiger partial charge in [-0.05, 0) is 30.9 Å². The van der Waals surface area contributed by atoms with Crippen LogP contribution in [0.15, 0.2) is 60.7 Å². The normalized spacial score (nSPS) is 22.7. The molecule has 0 radical (unpaired) electrons. The number of hydrogen-bond donors (Lipinski definition) is 9. The van der Waals surface area contributed by atoms with Gasteiger partial charge in [0.05, 0.1) is 49.0 Å². The van der Waals surface area contributed by atoms with Crippen LogP contribution in [0, 0.1) is 5.92 Å². The third-order valence-corrected chi connectivity index (χ3v) is 12.5. The highest BCUT2D eigenvalue weighted by Gasteiger charge is 2.55. The molecule has 0 saturated carbocycles. The molecule has 372 valence electrons. The second kappa shape index (κ2) is 20.9. The van der Waals surface area contributed by atoms with Crippen LogP contribution in [0.1, 0.15) is 94.7 Å². The first-order valence-electron chi connectivity index (χ1n) is 22.6. The predicted molar refractivity (Wildman–Crippen MR) is 243 cm³/mol. The Bertz CT molecular complexity index is 2640. The number of carbonyl (C=O) groups excluding carboxylic acids is 8. The number of ether oxygens (including phenoxy) is 4. The van der Waals surface area contributed by atoms with Crippen molar-refractivity contribution in [3.05, 3.63) is 99.6 Å². The first kappa shape index (κ1) is 50.8. The van der Waals surface area contributed by atoms with Crippen molar-refractivity contribution in [3.63, 3.8) is 0 Å². The molecule has 3 aromatic carbocycles. The molecule has 2 aliphatic carbocycles. The van der Waals surface area contributed by atoms with E-state index in [1.807, 2.05) is 13.8 Å². The van der Waals surface area contributed by atoms with Crippen LogP contribution >= 0.6 is 0 Å². The standard InChI is InChI=1S/C49H55N5O16/c1-22(2)14-28(54-47(65)29(15-24-10-7-6-8-11-24)53-34(58)19-50-45(63)23(3)4)46(64)51-20-33(57)52-27-16-35(69-48-44(27)70-48)68-31-18-49(66,32(56)21-55)17-26-37(31)43(62)39-38(41(26)60)40(59)25-12-9-13-30(67-5)36(25)42(39)61/h6-13,22,27-29,31,35,44,48,55,60,62,66H,3,14-21H2,1-2,4-5H3,(H,50,63)(H,51,64)(H,52,57)(H,53,58)(H,54,65)/t27?,28?,29?,31-,35?,44?,48?,49?/m1/s1. The first-order valence-corrected chi connectivity index (χ1v) is 22.6. The van der Waals surface area contributed by atoms with Crippen molar-refractivity contribution < 1.29 is 77.7 Å². The molecule has 2 aliphatic heterocycles. The molecule has 21 nitrogen and oxygen atoms in total. The Kier molecular flexibility index (Phi) is 15.2. The van der Waals surface area contributed by atoms with E-state index in [0.717, 1.165) is 0 Å². The topological polar surface area (TPSA) is 318 Å². The van der Waals surface area contributed by atoms with Crippen LogP contribution in [0.4, 0.5) is 0 Å². The van der Waals surface area contributed by atoms with E-state index in [0.29, 0.717) is 5.56 Å². The maximum absolute atomic E-state index is 14.0. The summed E-state index contributed by atoms with van der Waals surface area (Å²) in [5.74, 6) is -7.62. The van der Waals surface area contributed by atoms with E-state index in [2.05, 4.69) is 33.2 Å². The number of aliphatic hydroxyl groups is 2. The fourth-order valence-corrected chi connectivity index (χ4v) is 9.00. The Balaban J connectivity index is 1.04. The van der Waals surface area contributed by atoms with Gasteiger partial charge in [0.25, 0.3) is 0 Å². The minimum atomic E-state index is -2.39. The van der Waals surface area contributed by atoms with Crippen LogP contribution in [-0.4, -0.2) is 137 Å². The molecule has 8 atom stereocenters. The molecule has 2 fully saturated rings. The van der Waals surface area contributed by atoms with E-state index in [9.17, 15) is 58.8 Å². The number of hydrogen-bond acceptors (Lipinski definition) is 16. The lowest BCUT2D eigenvalue weighted by Crippen LogP contribution is -2.56. The van der Waals surface area contributed by atoms with Gasteiger partial charge in [-0.15, -0.1) is 0 Å². The van der Waals surface area contributed by atoms with Crippen LogP contribution in [0.2, 0.25) is 0 Å². The number of phenolic OH excluding ortho intramolecular Hbond substituents is 2. The number of aromatic hydroxyl groups is 2. The summed E-state index contributed by atoms with van der Waals surface area (Å²) in [5.41, 5.74) is -3.38. The average Bonchev–Trinajstić information content (AvgIpc) is 4.12. The molecular formula is C49H55N5O16. The molecule has 7 unspecified atom stereocenters. The summed E-state index contributed by atoms with van der Waals surface area (Å²) in [5, 5.41) is 58.1. The largest absolute Gasteiger partial charge is 0.507 e. The van der Waals surface area contributed by atoms with Crippen LogP contribution in [-0.2, 0) is 55.8 Å². The molecule has 9 N–H and O–H groups in total. The van der Waals surface area contributed by atoms with Crippen LogP contribution in [0.5, 0.6) is 17.2 Å². The molecule has 2 heterocycles. The number of amides is 5. The van der Waals surface area contributed by atoms with E-state index < -0.39 is 151 Å². The molecular weight excluding hydrogens is 915 g/mol. The first-order chi connectivity index (χ1) is 33.2. The molecule has 5 amide bonds. The quantitative estimate of drug-likeness (QED) is 0.0344. The SMILES string of the molecule is C=C(C)C(=O)NCC(=O)NC(Cc1ccccc1)C(=O)NC(CC(C)C)C(=O)NCC(=O)NC1CC(O[C@@H]2CC(O)(C(=O)CO)Cc3c(O)c4c(c(O)c32)C(=O)c2c(OC)cccc2C4=O)OC2OC12. The summed E-state index contributed by atoms with van der Waals surface area (Å²) in [7, 11) is 1.29. The van der Waals surface area contributed by atoms with E-state index in [1.165, 1.54) is 32.2 Å². The van der Waals surface area contributed by atoms with Gasteiger partial charge in [-0.25, -0.2) is 0 Å². The highest BCUT2D eigenvalue weighted by molar-refractivity contribution is 6.31. The fraction of sp³-hybridized carbons (Fsp3) is 0.429. The van der Waals surface area contributed by atoms with Gasteiger partial charge in [0.15, 0.2) is 24.1 Å². The summed E-state index contributed by atoms with van der Waals surface area (Å²) < 4.78 is 23.2. The van der Waals surface area contributed by atoms with Gasteiger partial charge in [-0.1, -0.05) is 62.9 Å². The monoisotopic (exact) mass is 969 g/mol. The van der Waals surface area contributed by atoms with Gasteiger partial charge >= 0.3 is 0 Å². The van der Waals surface area contributed by atoms with Crippen molar-refractivity contribution >= 4 is 46.9 Å². The molecule has 21 heteroatoms. The van der Waals surface area contributed by atoms with Crippen molar-refractivity contribution in [2.24, 2.45) is 5.92 Å². The Morgan fingerprint density at radius 1 is 0.857 bits per heavy atom. The molecule has 70 heavy (non-hydrogen) atoms. The lowest BCUT2D eigenvalue weighted by molar-refractivity contribution is -0.216. The third kappa shape index (κ3) is 10.7. The van der Waals surface area contributed by atoms with Crippen LogP contribution in [0.25, 0.3) is 0 Å². The van der Waals surface area contributed by atoms with Gasteiger partial charge in [-0.3, -0.25) is 38.4 Å². The Hall–Kier alpha value is -7.04. The lowest BCUT2D eigenvalue weighted by Gasteiger charge is -2.40. The number of carbonyl (C=O) groups is 8. The zero-order valence-corrected chi connectivity index (χ0v) is 38.8. The zero-order chi connectivity index (χ0) is 50.8. The van der Waals surface area contributed by atoms with Crippen molar-refractivity contribution in [2.45, 2.75) is 101 Å². The maximum atomic E-state index is 14.0. The Morgan fingerprint density at radius 3 is 2.23 bits per heavy atom. The molecule has 0 aromatic heterocycles. The van der Waals surface area contributed by atoms with Gasteiger partial charge in [0.2, 0.25) is 35.3 Å². The average molecular weight is 970 g/mol. The maximum Gasteiger partial charge on any atom is 0.246 e. The minimum Gasteiger partial charge on any atom is -0.507 e. The predicted octanol–water partition coefficient (Wildman–Crippen LogP) is 0.201. The number of rotatable bonds is 19. The summed E-state index contributed by atoms with van der Waals surface area (Å²) in [6, 6.07) is 9.99. The zero-order valence-electron chi connectivity index (χ0n) is 38.8. The second-order valence-electron chi connectivity index (χ2n) is 18.1. The molecule has 4 aliphatic rings. The van der Waals surface area contributed by atoms with Gasteiger partial charge < -0.3 is 66.0 Å². The van der Waals surface area contributed by atoms with E-state index in [4.69, 9.17) is 18.9 Å². The Morgan fingerprint density at radius 2 is 1.56 bits per heavy atom. The summed E-state index contributed by atoms with van der Waals surface area (Å²) in [6.07, 6.45) is -5.58. The van der Waals surface area contributed by atoms with Crippen molar-refractivity contribution in [3.8, 4) is 17.2 Å². The van der Waals surface area contributed by atoms with Crippen LogP contribution < -0.4 is 31.3 Å². The highest BCUT2D eigenvalue weighted by Crippen LogP contribution is 2.53. The molecule has 2 saturated heterocycles. The fourth-order valence-electron chi connectivity index (χ4n) is 9.00.